The molecule has 1 amide bonds. The zero-order valence-electron chi connectivity index (χ0n) is 27.1. The van der Waals surface area contributed by atoms with Crippen molar-refractivity contribution in [3.63, 3.8) is 0 Å². The fraction of sp³-hybridized carbons (Fsp3) is 0.618. The van der Waals surface area contributed by atoms with Crippen LogP contribution in [0.2, 0.25) is 0 Å². The molecule has 4 aliphatic carbocycles. The molecule has 0 aliphatic heterocycles. The van der Waals surface area contributed by atoms with E-state index in [1.807, 2.05) is 19.0 Å². The third-order valence-electron chi connectivity index (χ3n) is 10.6. The number of anilines is 1. The van der Waals surface area contributed by atoms with Gasteiger partial charge in [-0.3, -0.25) is 24.2 Å². The molecule has 0 aromatic heterocycles. The van der Waals surface area contributed by atoms with Crippen LogP contribution in [0.3, 0.4) is 0 Å². The summed E-state index contributed by atoms with van der Waals surface area (Å²) in [4.78, 5) is 45.6. The van der Waals surface area contributed by atoms with Gasteiger partial charge in [-0.2, -0.15) is 0 Å². The zero-order chi connectivity index (χ0) is 33.0. The van der Waals surface area contributed by atoms with Crippen molar-refractivity contribution in [3.05, 3.63) is 39.7 Å². The van der Waals surface area contributed by atoms with E-state index in [1.165, 1.54) is 37.0 Å². The van der Waals surface area contributed by atoms with Crippen LogP contribution in [0.15, 0.2) is 23.0 Å². The Labute approximate surface area is 265 Å². The quantitative estimate of drug-likeness (QED) is 0.258. The van der Waals surface area contributed by atoms with E-state index < -0.39 is 58.0 Å². The number of carbonyl (C=O) groups is 3. The Hall–Kier alpha value is -3.41. The summed E-state index contributed by atoms with van der Waals surface area (Å²) in [5.74, 6) is -5.72. The van der Waals surface area contributed by atoms with Crippen molar-refractivity contribution in [2.45, 2.75) is 76.5 Å². The first kappa shape index (κ1) is 33.0. The number of amides is 1. The Morgan fingerprint density at radius 3 is 2.31 bits per heavy atom. The first-order chi connectivity index (χ1) is 21.2. The second-order valence-corrected chi connectivity index (χ2v) is 13.8. The van der Waals surface area contributed by atoms with E-state index in [1.54, 1.807) is 20.2 Å². The molecule has 2 saturated carbocycles. The van der Waals surface area contributed by atoms with Crippen molar-refractivity contribution >= 4 is 28.9 Å². The number of nitrogens with two attached hydrogens (primary N) is 1. The van der Waals surface area contributed by atoms with Crippen molar-refractivity contribution in [1.82, 2.24) is 9.80 Å². The summed E-state index contributed by atoms with van der Waals surface area (Å²) in [5.41, 5.74) is 4.36. The molecule has 11 heteroatoms. The lowest BCUT2D eigenvalue weighted by molar-refractivity contribution is -0.153. The van der Waals surface area contributed by atoms with Gasteiger partial charge in [0, 0.05) is 37.8 Å². The Morgan fingerprint density at radius 1 is 1.07 bits per heavy atom. The molecular weight excluding hydrogens is 576 g/mol. The van der Waals surface area contributed by atoms with Gasteiger partial charge in [-0.1, -0.05) is 39.0 Å². The molecule has 0 saturated heterocycles. The number of nitrogens with zero attached hydrogens (tertiary/aromatic N) is 3. The van der Waals surface area contributed by atoms with Gasteiger partial charge in [0.15, 0.2) is 11.4 Å². The molecule has 0 unspecified atom stereocenters. The predicted octanol–water partition coefficient (Wildman–Crippen LogP) is 2.82. The second kappa shape index (κ2) is 12.4. The molecule has 0 bridgehead atoms. The molecule has 0 spiro atoms. The number of ketones is 2. The molecule has 1 aromatic carbocycles. The minimum atomic E-state index is -2.65. The van der Waals surface area contributed by atoms with E-state index in [9.17, 15) is 34.8 Å². The second-order valence-electron chi connectivity index (χ2n) is 13.8. The minimum Gasteiger partial charge on any atom is -0.508 e. The van der Waals surface area contributed by atoms with E-state index in [4.69, 9.17) is 5.73 Å². The van der Waals surface area contributed by atoms with Crippen molar-refractivity contribution < 1.29 is 34.8 Å². The Morgan fingerprint density at radius 2 is 1.73 bits per heavy atom. The minimum absolute atomic E-state index is 0.0616. The molecule has 0 heterocycles. The van der Waals surface area contributed by atoms with Gasteiger partial charge in [-0.25, -0.2) is 0 Å². The number of aliphatic hydroxyl groups excluding tert-OH is 2. The van der Waals surface area contributed by atoms with E-state index in [0.717, 1.165) is 36.7 Å². The lowest BCUT2D eigenvalue weighted by Crippen LogP contribution is -2.65. The van der Waals surface area contributed by atoms with Gasteiger partial charge in [-0.15, -0.1) is 0 Å². The average Bonchev–Trinajstić information content (AvgIpc) is 2.97. The van der Waals surface area contributed by atoms with Gasteiger partial charge >= 0.3 is 0 Å². The molecule has 4 aliphatic rings. The number of fused-ring (bicyclic) bond motifs is 3. The number of aliphatic hydroxyl groups is 3. The van der Waals surface area contributed by atoms with Crippen LogP contribution in [-0.4, -0.2) is 101 Å². The number of benzene rings is 1. The highest BCUT2D eigenvalue weighted by atomic mass is 16.3. The number of hydrogen-bond donors (Lipinski definition) is 5. The van der Waals surface area contributed by atoms with Crippen LogP contribution in [0, 0.1) is 17.8 Å². The molecule has 45 heavy (non-hydrogen) atoms. The average molecular weight is 625 g/mol. The summed E-state index contributed by atoms with van der Waals surface area (Å²) in [6.07, 6.45) is 7.93. The molecule has 1 aromatic rings. The Kier molecular flexibility index (Phi) is 9.09. The molecule has 5 rings (SSSR count). The highest BCUT2D eigenvalue weighted by Gasteiger charge is 2.64. The number of primary amides is 1. The van der Waals surface area contributed by atoms with E-state index in [-0.39, 0.29) is 29.7 Å². The third kappa shape index (κ3) is 5.42. The number of Topliss-reactive ketones (excluding diaryl/α,β-unsaturated/α-hetero) is 2. The number of aromatic hydroxyl groups is 1. The van der Waals surface area contributed by atoms with Crippen LogP contribution in [0.25, 0.3) is 5.76 Å². The van der Waals surface area contributed by atoms with Crippen LogP contribution in [0.4, 0.5) is 5.69 Å². The maximum absolute atomic E-state index is 14.1. The van der Waals surface area contributed by atoms with Crippen LogP contribution in [-0.2, 0) is 27.3 Å². The molecule has 6 N–H and O–H groups in total. The zero-order valence-corrected chi connectivity index (χ0v) is 27.1. The summed E-state index contributed by atoms with van der Waals surface area (Å²) in [6.45, 7) is 4.52. The number of phenols is 1. The van der Waals surface area contributed by atoms with Crippen LogP contribution >= 0.6 is 0 Å². The SMILES string of the molecule is CCN(CCC1CCCCC1)Cc1cc(O)c2c(c1N(C)C)C[C@H]1C[C@H]3[C@H](N(C)C)C(=O)C(C(N)=O)=C(O)[C@@]3(O)C(=O)C1=C2O. The Balaban J connectivity index is 1.57. The van der Waals surface area contributed by atoms with Gasteiger partial charge in [0.05, 0.1) is 11.6 Å². The topological polar surface area (TPSA) is 168 Å². The third-order valence-corrected chi connectivity index (χ3v) is 10.6. The molecule has 2 fully saturated rings. The standard InChI is InChI=1S/C34H48N4O7/c1-6-38(13-12-18-10-8-7-9-11-18)17-20-16-23(39)25-21(27(20)36(2)3)14-19-15-22-28(37(4)5)30(41)26(33(35)44)32(43)34(22,45)31(42)24(19)29(25)40/h16,18-19,22,28,39-40,43,45H,6-15,17H2,1-5H3,(H2,35,44)/t19-,22-,28-,34-/m0/s1. The van der Waals surface area contributed by atoms with Crippen LogP contribution < -0.4 is 10.6 Å². The molecule has 11 nitrogen and oxygen atoms in total. The molecule has 246 valence electrons. The number of rotatable bonds is 9. The number of phenolic OH excluding ortho intramolecular Hbond substituents is 1. The first-order valence-corrected chi connectivity index (χ1v) is 16.2. The summed E-state index contributed by atoms with van der Waals surface area (Å²) in [5, 5.41) is 45.9. The summed E-state index contributed by atoms with van der Waals surface area (Å²) in [7, 11) is 7.00. The predicted molar refractivity (Wildman–Crippen MR) is 171 cm³/mol. The lowest BCUT2D eigenvalue weighted by Gasteiger charge is -2.50. The summed E-state index contributed by atoms with van der Waals surface area (Å²) in [6, 6.07) is 0.529. The fourth-order valence-electron chi connectivity index (χ4n) is 8.48. The number of carbonyl (C=O) groups excluding carboxylic acids is 3. The van der Waals surface area contributed by atoms with Crippen molar-refractivity contribution in [2.75, 3.05) is 46.2 Å². The summed E-state index contributed by atoms with van der Waals surface area (Å²) < 4.78 is 0. The van der Waals surface area contributed by atoms with Gasteiger partial charge in [-0.05, 0) is 75.5 Å². The van der Waals surface area contributed by atoms with Crippen molar-refractivity contribution in [3.8, 4) is 5.75 Å². The van der Waals surface area contributed by atoms with E-state index in [2.05, 4.69) is 11.8 Å². The van der Waals surface area contributed by atoms with Crippen molar-refractivity contribution in [2.24, 2.45) is 23.5 Å². The fourth-order valence-corrected chi connectivity index (χ4v) is 8.48. The lowest BCUT2D eigenvalue weighted by atomic mass is 9.57. The van der Waals surface area contributed by atoms with Gasteiger partial charge in [0.25, 0.3) is 5.91 Å². The molecule has 4 atom stereocenters. The maximum Gasteiger partial charge on any atom is 0.255 e. The highest BCUT2D eigenvalue weighted by Crippen LogP contribution is 2.54. The van der Waals surface area contributed by atoms with Crippen LogP contribution in [0.5, 0.6) is 5.75 Å². The highest BCUT2D eigenvalue weighted by molar-refractivity contribution is 6.24. The van der Waals surface area contributed by atoms with Gasteiger partial charge in [0.2, 0.25) is 5.78 Å². The monoisotopic (exact) mass is 624 g/mol. The van der Waals surface area contributed by atoms with E-state index in [0.29, 0.717) is 12.1 Å². The largest absolute Gasteiger partial charge is 0.508 e. The first-order valence-electron chi connectivity index (χ1n) is 16.2. The maximum atomic E-state index is 14.1. The number of hydrogen-bond acceptors (Lipinski definition) is 10. The molecular formula is C34H48N4O7. The van der Waals surface area contributed by atoms with Gasteiger partial charge in [0.1, 0.15) is 22.8 Å². The van der Waals surface area contributed by atoms with Gasteiger partial charge < -0.3 is 31.1 Å². The van der Waals surface area contributed by atoms with E-state index >= 15 is 0 Å². The van der Waals surface area contributed by atoms with Crippen molar-refractivity contribution in [1.29, 1.82) is 0 Å². The normalized spacial score (nSPS) is 27.2. The smallest absolute Gasteiger partial charge is 0.255 e. The molecule has 0 radical (unpaired) electrons. The Bertz CT molecular complexity index is 1460. The van der Waals surface area contributed by atoms with Crippen LogP contribution in [0.1, 0.15) is 68.6 Å². The summed E-state index contributed by atoms with van der Waals surface area (Å²) >= 11 is 0. The number of likely N-dealkylation sites (N-methyl/N-ethyl adjacent to an activating group) is 1.